The Hall–Kier alpha value is -2.94. The highest BCUT2D eigenvalue weighted by Gasteiger charge is 2.34. The Morgan fingerprint density at radius 3 is 2.66 bits per heavy atom. The molecule has 9 heteroatoms. The molecule has 2 saturated heterocycles. The minimum Gasteiger partial charge on any atom is -0.491 e. The maximum atomic E-state index is 6.23. The zero-order valence-electron chi connectivity index (χ0n) is 21.3. The SMILES string of the molecule is Cc1nc(-c2cn3c(n2)-c2cnc(N4CCCC4C4CCN(C)CC4)cc2OCC3)n(C(C)C)n1. The van der Waals surface area contributed by atoms with E-state index in [1.54, 1.807) is 0 Å². The smallest absolute Gasteiger partial charge is 0.178 e. The van der Waals surface area contributed by atoms with E-state index in [1.807, 2.05) is 17.8 Å². The summed E-state index contributed by atoms with van der Waals surface area (Å²) in [6.07, 6.45) is 9.08. The summed E-state index contributed by atoms with van der Waals surface area (Å²) < 4.78 is 10.3. The average Bonchev–Trinajstić information content (AvgIpc) is 3.56. The number of nitrogens with zero attached hydrogens (tertiary/aromatic N) is 8. The molecule has 9 nitrogen and oxygen atoms in total. The van der Waals surface area contributed by atoms with E-state index in [2.05, 4.69) is 57.6 Å². The van der Waals surface area contributed by atoms with Crippen molar-refractivity contribution in [2.24, 2.45) is 5.92 Å². The summed E-state index contributed by atoms with van der Waals surface area (Å²) in [5, 5.41) is 4.57. The summed E-state index contributed by atoms with van der Waals surface area (Å²) >= 11 is 0. The Balaban J connectivity index is 1.32. The van der Waals surface area contributed by atoms with Crippen molar-refractivity contribution in [1.82, 2.24) is 34.2 Å². The molecule has 186 valence electrons. The van der Waals surface area contributed by atoms with Gasteiger partial charge in [0.2, 0.25) is 0 Å². The molecular formula is C26H36N8O. The average molecular weight is 477 g/mol. The largest absolute Gasteiger partial charge is 0.491 e. The summed E-state index contributed by atoms with van der Waals surface area (Å²) in [4.78, 5) is 19.6. The number of piperidine rings is 1. The van der Waals surface area contributed by atoms with Crippen LogP contribution >= 0.6 is 0 Å². The third kappa shape index (κ3) is 4.09. The number of pyridine rings is 1. The van der Waals surface area contributed by atoms with E-state index in [9.17, 15) is 0 Å². The molecule has 0 aliphatic carbocycles. The van der Waals surface area contributed by atoms with Crippen molar-refractivity contribution < 1.29 is 4.74 Å². The topological polar surface area (TPSA) is 77.1 Å². The van der Waals surface area contributed by atoms with Crippen molar-refractivity contribution >= 4 is 5.82 Å². The van der Waals surface area contributed by atoms with E-state index >= 15 is 0 Å². The molecule has 0 spiro atoms. The molecule has 0 amide bonds. The maximum Gasteiger partial charge on any atom is 0.178 e. The molecule has 0 aromatic carbocycles. The Morgan fingerprint density at radius 2 is 1.86 bits per heavy atom. The number of rotatable bonds is 4. The summed E-state index contributed by atoms with van der Waals surface area (Å²) in [5.41, 5.74) is 1.79. The van der Waals surface area contributed by atoms with E-state index in [0.717, 1.165) is 59.3 Å². The first kappa shape index (κ1) is 22.5. The molecular weight excluding hydrogens is 440 g/mol. The van der Waals surface area contributed by atoms with Gasteiger partial charge in [0, 0.05) is 37.1 Å². The number of aromatic nitrogens is 6. The summed E-state index contributed by atoms with van der Waals surface area (Å²) in [6.45, 7) is 11.0. The number of hydrogen-bond acceptors (Lipinski definition) is 7. The van der Waals surface area contributed by atoms with Gasteiger partial charge >= 0.3 is 0 Å². The number of aryl methyl sites for hydroxylation is 1. The fraction of sp³-hybridized carbons (Fsp3) is 0.615. The van der Waals surface area contributed by atoms with Gasteiger partial charge in [0.05, 0.1) is 12.1 Å². The van der Waals surface area contributed by atoms with Crippen LogP contribution < -0.4 is 9.64 Å². The molecule has 0 radical (unpaired) electrons. The highest BCUT2D eigenvalue weighted by molar-refractivity contribution is 5.69. The van der Waals surface area contributed by atoms with Gasteiger partial charge in [-0.1, -0.05) is 0 Å². The van der Waals surface area contributed by atoms with E-state index in [4.69, 9.17) is 14.7 Å². The number of imidazole rings is 1. The first-order valence-electron chi connectivity index (χ1n) is 13.1. The van der Waals surface area contributed by atoms with Crippen molar-refractivity contribution in [3.05, 3.63) is 24.3 Å². The molecule has 3 aromatic heterocycles. The Kier molecular flexibility index (Phi) is 5.75. The number of hydrogen-bond donors (Lipinski definition) is 0. The van der Waals surface area contributed by atoms with Crippen LogP contribution in [-0.2, 0) is 6.54 Å². The second kappa shape index (κ2) is 8.93. The molecule has 1 unspecified atom stereocenters. The van der Waals surface area contributed by atoms with Crippen molar-refractivity contribution in [3.63, 3.8) is 0 Å². The summed E-state index contributed by atoms with van der Waals surface area (Å²) in [5.74, 6) is 5.12. The Morgan fingerprint density at radius 1 is 1.03 bits per heavy atom. The van der Waals surface area contributed by atoms with Crippen molar-refractivity contribution in [2.75, 3.05) is 38.2 Å². The number of likely N-dealkylation sites (tertiary alicyclic amines) is 1. The van der Waals surface area contributed by atoms with Crippen LogP contribution in [0.5, 0.6) is 5.75 Å². The summed E-state index contributed by atoms with van der Waals surface area (Å²) in [6, 6.07) is 2.94. The summed E-state index contributed by atoms with van der Waals surface area (Å²) in [7, 11) is 2.23. The minimum absolute atomic E-state index is 0.213. The highest BCUT2D eigenvalue weighted by Crippen LogP contribution is 2.39. The number of ether oxygens (including phenoxy) is 1. The van der Waals surface area contributed by atoms with Gasteiger partial charge in [0.1, 0.15) is 35.5 Å². The van der Waals surface area contributed by atoms with Crippen LogP contribution in [-0.4, -0.2) is 73.5 Å². The van der Waals surface area contributed by atoms with Gasteiger partial charge < -0.3 is 19.1 Å². The lowest BCUT2D eigenvalue weighted by molar-refractivity contribution is 0.198. The molecule has 3 aliphatic heterocycles. The minimum atomic E-state index is 0.213. The molecule has 0 bridgehead atoms. The molecule has 0 N–H and O–H groups in total. The van der Waals surface area contributed by atoms with E-state index < -0.39 is 0 Å². The van der Waals surface area contributed by atoms with Crippen molar-refractivity contribution in [1.29, 1.82) is 0 Å². The zero-order chi connectivity index (χ0) is 24.1. The van der Waals surface area contributed by atoms with E-state index in [1.165, 1.54) is 38.8 Å². The third-order valence-electron chi connectivity index (χ3n) is 7.82. The molecule has 3 aliphatic rings. The number of fused-ring (bicyclic) bond motifs is 3. The molecule has 1 atom stereocenters. The van der Waals surface area contributed by atoms with E-state index in [0.29, 0.717) is 12.6 Å². The molecule has 6 rings (SSSR count). The molecule has 6 heterocycles. The second-order valence-corrected chi connectivity index (χ2v) is 10.6. The first-order chi connectivity index (χ1) is 17.0. The van der Waals surface area contributed by atoms with Gasteiger partial charge in [-0.2, -0.15) is 5.10 Å². The van der Waals surface area contributed by atoms with Crippen LogP contribution in [0.2, 0.25) is 0 Å². The fourth-order valence-electron chi connectivity index (χ4n) is 5.98. The Bertz CT molecular complexity index is 1210. The van der Waals surface area contributed by atoms with Crippen molar-refractivity contribution in [2.45, 2.75) is 65.1 Å². The fourth-order valence-corrected chi connectivity index (χ4v) is 5.98. The van der Waals surface area contributed by atoms with E-state index in [-0.39, 0.29) is 6.04 Å². The van der Waals surface area contributed by atoms with Gasteiger partial charge in [0.25, 0.3) is 0 Å². The van der Waals surface area contributed by atoms with Crippen molar-refractivity contribution in [3.8, 4) is 28.7 Å². The first-order valence-corrected chi connectivity index (χ1v) is 13.1. The molecule has 0 saturated carbocycles. The van der Waals surface area contributed by atoms with Gasteiger partial charge in [-0.25, -0.2) is 19.6 Å². The molecule has 3 aromatic rings. The second-order valence-electron chi connectivity index (χ2n) is 10.6. The van der Waals surface area contributed by atoms with Crippen LogP contribution in [0.25, 0.3) is 22.9 Å². The predicted molar refractivity (Wildman–Crippen MR) is 136 cm³/mol. The van der Waals surface area contributed by atoms with Gasteiger partial charge in [-0.3, -0.25) is 0 Å². The zero-order valence-corrected chi connectivity index (χ0v) is 21.3. The third-order valence-corrected chi connectivity index (χ3v) is 7.82. The predicted octanol–water partition coefficient (Wildman–Crippen LogP) is 3.80. The van der Waals surface area contributed by atoms with Gasteiger partial charge in [0.15, 0.2) is 5.82 Å². The normalized spacial score (nSPS) is 21.2. The molecule has 2 fully saturated rings. The van der Waals surface area contributed by atoms with Crippen LogP contribution in [0.1, 0.15) is 51.4 Å². The molecule has 35 heavy (non-hydrogen) atoms. The Labute approximate surface area is 207 Å². The lowest BCUT2D eigenvalue weighted by atomic mass is 9.88. The lowest BCUT2D eigenvalue weighted by Gasteiger charge is -2.37. The van der Waals surface area contributed by atoms with Crippen LogP contribution in [0.15, 0.2) is 18.5 Å². The maximum absolute atomic E-state index is 6.23. The van der Waals surface area contributed by atoms with Gasteiger partial charge in [-0.05, 0) is 72.5 Å². The lowest BCUT2D eigenvalue weighted by Crippen LogP contribution is -2.42. The van der Waals surface area contributed by atoms with Crippen LogP contribution in [0, 0.1) is 12.8 Å². The monoisotopic (exact) mass is 476 g/mol. The van der Waals surface area contributed by atoms with Crippen LogP contribution in [0.3, 0.4) is 0 Å². The number of anilines is 1. The standard InChI is InChI=1S/C26H36N8O/c1-17(2)34-26(28-18(3)30-34)21-16-32-12-13-35-23-14-24(27-15-20(23)25(32)29-21)33-9-5-6-22(33)19-7-10-31(4)11-8-19/h14-17,19,22H,5-13H2,1-4H3. The quantitative estimate of drug-likeness (QED) is 0.567. The van der Waals surface area contributed by atoms with Crippen LogP contribution in [0.4, 0.5) is 5.82 Å². The van der Waals surface area contributed by atoms with Gasteiger partial charge in [-0.15, -0.1) is 0 Å². The highest BCUT2D eigenvalue weighted by atomic mass is 16.5.